The molecule has 2 fully saturated rings. The predicted molar refractivity (Wildman–Crippen MR) is 94.6 cm³/mol. The van der Waals surface area contributed by atoms with Crippen LogP contribution in [0.3, 0.4) is 0 Å². The molecule has 6 heteroatoms. The maximum atomic E-state index is 12.8. The first-order chi connectivity index (χ1) is 12.8. The van der Waals surface area contributed by atoms with Crippen molar-refractivity contribution in [3.05, 3.63) is 48.4 Å². The zero-order chi connectivity index (χ0) is 17.8. The van der Waals surface area contributed by atoms with E-state index in [0.717, 1.165) is 25.2 Å². The van der Waals surface area contributed by atoms with Crippen molar-refractivity contribution in [2.24, 2.45) is 5.92 Å². The molecule has 0 spiro atoms. The Morgan fingerprint density at radius 2 is 2.04 bits per heavy atom. The van der Waals surface area contributed by atoms with Crippen molar-refractivity contribution < 1.29 is 19.0 Å². The van der Waals surface area contributed by atoms with Crippen molar-refractivity contribution in [2.45, 2.75) is 31.5 Å². The lowest BCUT2D eigenvalue weighted by Crippen LogP contribution is -2.37. The van der Waals surface area contributed by atoms with Crippen molar-refractivity contribution in [3.63, 3.8) is 0 Å². The number of nitrogens with zero attached hydrogens (tertiary/aromatic N) is 2. The monoisotopic (exact) mass is 354 g/mol. The summed E-state index contributed by atoms with van der Waals surface area (Å²) in [7, 11) is 0. The van der Waals surface area contributed by atoms with Gasteiger partial charge < -0.3 is 14.2 Å². The van der Waals surface area contributed by atoms with E-state index in [1.807, 2.05) is 30.3 Å². The highest BCUT2D eigenvalue weighted by molar-refractivity contribution is 5.95. The number of carbonyl (C=O) groups is 1. The Kier molecular flexibility index (Phi) is 5.22. The van der Waals surface area contributed by atoms with Gasteiger partial charge in [0.25, 0.3) is 0 Å². The van der Waals surface area contributed by atoms with E-state index in [4.69, 9.17) is 14.2 Å². The molecule has 6 nitrogen and oxygen atoms in total. The van der Waals surface area contributed by atoms with E-state index in [1.165, 1.54) is 12.5 Å². The summed E-state index contributed by atoms with van der Waals surface area (Å²) in [6.07, 6.45) is 5.37. The first kappa shape index (κ1) is 17.1. The maximum Gasteiger partial charge on any atom is 0.342 e. The third kappa shape index (κ3) is 3.76. The summed E-state index contributed by atoms with van der Waals surface area (Å²) in [6.45, 7) is 2.13. The molecule has 0 radical (unpaired) electrons. The number of esters is 1. The van der Waals surface area contributed by atoms with Crippen LogP contribution in [-0.4, -0.2) is 48.0 Å². The van der Waals surface area contributed by atoms with Gasteiger partial charge in [-0.3, -0.25) is 0 Å². The van der Waals surface area contributed by atoms with E-state index in [1.54, 1.807) is 0 Å². The minimum atomic E-state index is -0.377. The standard InChI is InChI=1S/C20H22N2O4/c23-20(17-11-21-13-22-19(17)14-4-2-1-3-5-14)26-16-7-9-25-18(10-16)15-6-8-24-12-15/h1-5,11,13,15-16,18H,6-10,12H2. The van der Waals surface area contributed by atoms with Crippen LogP contribution in [0.5, 0.6) is 0 Å². The summed E-state index contributed by atoms with van der Waals surface area (Å²) in [5.41, 5.74) is 1.86. The third-order valence-electron chi connectivity index (χ3n) is 5.01. The molecule has 0 aliphatic carbocycles. The molecule has 3 heterocycles. The van der Waals surface area contributed by atoms with Crippen LogP contribution in [0.25, 0.3) is 11.3 Å². The molecular formula is C20H22N2O4. The number of carbonyl (C=O) groups excluding carboxylic acids is 1. The Balaban J connectivity index is 1.47. The quantitative estimate of drug-likeness (QED) is 0.786. The Morgan fingerprint density at radius 3 is 2.85 bits per heavy atom. The van der Waals surface area contributed by atoms with Gasteiger partial charge in [-0.2, -0.15) is 0 Å². The molecule has 1 aromatic carbocycles. The second-order valence-corrected chi connectivity index (χ2v) is 6.74. The average Bonchev–Trinajstić information content (AvgIpc) is 3.24. The zero-order valence-electron chi connectivity index (χ0n) is 14.5. The van der Waals surface area contributed by atoms with Crippen LogP contribution in [0.1, 0.15) is 29.6 Å². The maximum absolute atomic E-state index is 12.8. The Bertz CT molecular complexity index is 746. The van der Waals surface area contributed by atoms with Crippen molar-refractivity contribution in [1.29, 1.82) is 0 Å². The van der Waals surface area contributed by atoms with Gasteiger partial charge in [-0.15, -0.1) is 0 Å². The van der Waals surface area contributed by atoms with E-state index >= 15 is 0 Å². The fraction of sp³-hybridized carbons (Fsp3) is 0.450. The molecule has 0 saturated carbocycles. The van der Waals surface area contributed by atoms with Gasteiger partial charge in [0.15, 0.2) is 0 Å². The van der Waals surface area contributed by atoms with Crippen LogP contribution in [0.2, 0.25) is 0 Å². The summed E-state index contributed by atoms with van der Waals surface area (Å²) in [4.78, 5) is 21.1. The predicted octanol–water partition coefficient (Wildman–Crippen LogP) is 2.88. The number of ether oxygens (including phenoxy) is 3. The molecule has 3 atom stereocenters. The average molecular weight is 354 g/mol. The Hall–Kier alpha value is -2.31. The molecule has 2 aliphatic heterocycles. The fourth-order valence-corrected chi connectivity index (χ4v) is 3.60. The van der Waals surface area contributed by atoms with Crippen LogP contribution >= 0.6 is 0 Å². The van der Waals surface area contributed by atoms with Gasteiger partial charge in [-0.1, -0.05) is 30.3 Å². The highest BCUT2D eigenvalue weighted by Crippen LogP contribution is 2.29. The molecule has 0 bridgehead atoms. The number of benzene rings is 1. The van der Waals surface area contributed by atoms with Gasteiger partial charge >= 0.3 is 5.97 Å². The van der Waals surface area contributed by atoms with Crippen LogP contribution in [-0.2, 0) is 14.2 Å². The Labute approximate surface area is 152 Å². The van der Waals surface area contributed by atoms with Gasteiger partial charge in [0, 0.05) is 37.1 Å². The van der Waals surface area contributed by atoms with Gasteiger partial charge in [0.2, 0.25) is 0 Å². The fourth-order valence-electron chi connectivity index (χ4n) is 3.60. The van der Waals surface area contributed by atoms with Gasteiger partial charge in [0.1, 0.15) is 18.0 Å². The molecule has 0 N–H and O–H groups in total. The minimum absolute atomic E-state index is 0.102. The van der Waals surface area contributed by atoms with Crippen LogP contribution in [0.15, 0.2) is 42.9 Å². The molecule has 0 amide bonds. The molecule has 2 saturated heterocycles. The molecular weight excluding hydrogens is 332 g/mol. The molecule has 26 heavy (non-hydrogen) atoms. The largest absolute Gasteiger partial charge is 0.458 e. The lowest BCUT2D eigenvalue weighted by atomic mass is 9.93. The van der Waals surface area contributed by atoms with Crippen molar-refractivity contribution >= 4 is 5.97 Å². The van der Waals surface area contributed by atoms with Gasteiger partial charge in [-0.05, 0) is 6.42 Å². The highest BCUT2D eigenvalue weighted by atomic mass is 16.6. The number of rotatable bonds is 4. The second kappa shape index (κ2) is 7.93. The summed E-state index contributed by atoms with van der Waals surface area (Å²) in [5.74, 6) is 0.0224. The summed E-state index contributed by atoms with van der Waals surface area (Å²) < 4.78 is 17.1. The highest BCUT2D eigenvalue weighted by Gasteiger charge is 2.33. The van der Waals surface area contributed by atoms with Gasteiger partial charge in [-0.25, -0.2) is 14.8 Å². The van der Waals surface area contributed by atoms with Gasteiger partial charge in [0.05, 0.1) is 25.0 Å². The number of hydrogen-bond donors (Lipinski definition) is 0. The molecule has 3 unspecified atom stereocenters. The van der Waals surface area contributed by atoms with E-state index in [9.17, 15) is 4.79 Å². The van der Waals surface area contributed by atoms with Crippen molar-refractivity contribution in [1.82, 2.24) is 9.97 Å². The summed E-state index contributed by atoms with van der Waals surface area (Å²) in [5, 5.41) is 0. The number of hydrogen-bond acceptors (Lipinski definition) is 6. The third-order valence-corrected chi connectivity index (χ3v) is 5.01. The van der Waals surface area contributed by atoms with E-state index < -0.39 is 0 Å². The van der Waals surface area contributed by atoms with Crippen molar-refractivity contribution in [2.75, 3.05) is 19.8 Å². The molecule has 1 aromatic heterocycles. The second-order valence-electron chi connectivity index (χ2n) is 6.74. The molecule has 4 rings (SSSR count). The minimum Gasteiger partial charge on any atom is -0.458 e. The lowest BCUT2D eigenvalue weighted by molar-refractivity contribution is -0.0767. The smallest absolute Gasteiger partial charge is 0.342 e. The normalized spacial score (nSPS) is 25.8. The van der Waals surface area contributed by atoms with Crippen LogP contribution in [0, 0.1) is 5.92 Å². The lowest BCUT2D eigenvalue weighted by Gasteiger charge is -2.32. The van der Waals surface area contributed by atoms with Crippen LogP contribution < -0.4 is 0 Å². The van der Waals surface area contributed by atoms with Crippen molar-refractivity contribution in [3.8, 4) is 11.3 Å². The van der Waals surface area contributed by atoms with E-state index in [2.05, 4.69) is 9.97 Å². The topological polar surface area (TPSA) is 70.5 Å². The van der Waals surface area contributed by atoms with E-state index in [-0.39, 0.29) is 18.2 Å². The molecule has 2 aliphatic rings. The Morgan fingerprint density at radius 1 is 1.15 bits per heavy atom. The first-order valence-corrected chi connectivity index (χ1v) is 9.07. The summed E-state index contributed by atoms with van der Waals surface area (Å²) >= 11 is 0. The van der Waals surface area contributed by atoms with E-state index in [0.29, 0.717) is 36.6 Å². The first-order valence-electron chi connectivity index (χ1n) is 9.07. The zero-order valence-corrected chi connectivity index (χ0v) is 14.5. The molecule has 2 aromatic rings. The van der Waals surface area contributed by atoms with Crippen LogP contribution in [0.4, 0.5) is 0 Å². The summed E-state index contributed by atoms with van der Waals surface area (Å²) in [6, 6.07) is 9.60. The number of aromatic nitrogens is 2. The molecule has 136 valence electrons. The SMILES string of the molecule is O=C(OC1CCOC(C2CCOC2)C1)c1cncnc1-c1ccccc1.